The molecule has 0 aliphatic heterocycles. The van der Waals surface area contributed by atoms with E-state index in [1.165, 1.54) is 6.92 Å². The second-order valence-electron chi connectivity index (χ2n) is 5.64. The van der Waals surface area contributed by atoms with Gasteiger partial charge in [-0.05, 0) is 37.3 Å². The van der Waals surface area contributed by atoms with E-state index in [-0.39, 0.29) is 5.56 Å². The van der Waals surface area contributed by atoms with Crippen molar-refractivity contribution in [2.24, 2.45) is 0 Å². The van der Waals surface area contributed by atoms with Crippen LogP contribution in [-0.2, 0) is 9.53 Å². The minimum absolute atomic E-state index is 0.107. The van der Waals surface area contributed by atoms with Crippen LogP contribution >= 0.6 is 11.6 Å². The van der Waals surface area contributed by atoms with E-state index in [2.05, 4.69) is 10.3 Å². The van der Waals surface area contributed by atoms with E-state index in [4.69, 9.17) is 16.3 Å². The van der Waals surface area contributed by atoms with Crippen molar-refractivity contribution in [1.82, 2.24) is 4.98 Å². The molecule has 0 aliphatic rings. The summed E-state index contributed by atoms with van der Waals surface area (Å²) in [4.78, 5) is 39.0. The summed E-state index contributed by atoms with van der Waals surface area (Å²) in [6.07, 6.45) is -1.05. The maximum Gasteiger partial charge on any atom is 0.339 e. The molecule has 0 saturated heterocycles. The van der Waals surface area contributed by atoms with Gasteiger partial charge in [0.15, 0.2) is 6.10 Å². The van der Waals surface area contributed by atoms with Crippen LogP contribution in [0.4, 0.5) is 5.69 Å². The summed E-state index contributed by atoms with van der Waals surface area (Å²) in [7, 11) is 0. The molecule has 0 bridgehead atoms. The van der Waals surface area contributed by atoms with Gasteiger partial charge in [0.2, 0.25) is 5.56 Å². The zero-order valence-electron chi connectivity index (χ0n) is 13.8. The van der Waals surface area contributed by atoms with Crippen LogP contribution in [0.1, 0.15) is 17.3 Å². The lowest BCUT2D eigenvalue weighted by Crippen LogP contribution is -2.30. The molecule has 2 N–H and O–H groups in total. The van der Waals surface area contributed by atoms with Gasteiger partial charge in [-0.15, -0.1) is 0 Å². The SMILES string of the molecule is C[C@H](OC(=O)c1cc(=O)[nH]c2ccccc12)C(=O)Nc1ccc(Cl)cc1. The van der Waals surface area contributed by atoms with Crippen molar-refractivity contribution in [2.75, 3.05) is 5.32 Å². The number of anilines is 1. The van der Waals surface area contributed by atoms with E-state index in [0.717, 1.165) is 6.07 Å². The quantitative estimate of drug-likeness (QED) is 0.689. The monoisotopic (exact) mass is 370 g/mol. The Morgan fingerprint density at radius 2 is 1.81 bits per heavy atom. The summed E-state index contributed by atoms with van der Waals surface area (Å²) >= 11 is 5.80. The minimum atomic E-state index is -1.05. The fraction of sp³-hybridized carbons (Fsp3) is 0.105. The first kappa shape index (κ1) is 17.7. The summed E-state index contributed by atoms with van der Waals surface area (Å²) in [5.74, 6) is -1.24. The maximum atomic E-state index is 12.5. The number of aromatic amines is 1. The van der Waals surface area contributed by atoms with E-state index in [1.807, 2.05) is 0 Å². The first-order valence-corrected chi connectivity index (χ1v) is 8.21. The summed E-state index contributed by atoms with van der Waals surface area (Å²) in [6, 6.07) is 14.6. The molecule has 0 unspecified atom stereocenters. The molecule has 132 valence electrons. The zero-order valence-corrected chi connectivity index (χ0v) is 14.5. The summed E-state index contributed by atoms with van der Waals surface area (Å²) in [6.45, 7) is 1.46. The third kappa shape index (κ3) is 3.92. The molecule has 7 heteroatoms. The molecule has 1 amide bonds. The molecule has 1 aromatic heterocycles. The van der Waals surface area contributed by atoms with E-state index >= 15 is 0 Å². The van der Waals surface area contributed by atoms with Gasteiger partial charge in [0, 0.05) is 27.7 Å². The van der Waals surface area contributed by atoms with Crippen molar-refractivity contribution >= 4 is 40.1 Å². The average molecular weight is 371 g/mol. The molecule has 1 atom stereocenters. The van der Waals surface area contributed by atoms with Crippen LogP contribution in [0.3, 0.4) is 0 Å². The Bertz CT molecular complexity index is 1030. The number of nitrogens with one attached hydrogen (secondary N) is 2. The van der Waals surface area contributed by atoms with E-state index < -0.39 is 23.5 Å². The van der Waals surface area contributed by atoms with Gasteiger partial charge in [-0.1, -0.05) is 29.8 Å². The predicted molar refractivity (Wildman–Crippen MR) is 99.5 cm³/mol. The number of pyridine rings is 1. The minimum Gasteiger partial charge on any atom is -0.449 e. The largest absolute Gasteiger partial charge is 0.449 e. The third-order valence-corrected chi connectivity index (χ3v) is 3.99. The van der Waals surface area contributed by atoms with Crippen molar-refractivity contribution in [3.05, 3.63) is 75.5 Å². The molecule has 1 heterocycles. The van der Waals surface area contributed by atoms with Crippen molar-refractivity contribution < 1.29 is 14.3 Å². The van der Waals surface area contributed by atoms with Crippen LogP contribution in [0.15, 0.2) is 59.4 Å². The number of fused-ring (bicyclic) bond motifs is 1. The number of benzene rings is 2. The van der Waals surface area contributed by atoms with Crippen molar-refractivity contribution in [1.29, 1.82) is 0 Å². The second kappa shape index (κ2) is 7.41. The highest BCUT2D eigenvalue weighted by Crippen LogP contribution is 2.17. The lowest BCUT2D eigenvalue weighted by Gasteiger charge is -2.14. The predicted octanol–water partition coefficient (Wildman–Crippen LogP) is 3.37. The van der Waals surface area contributed by atoms with Crippen molar-refractivity contribution in [3.63, 3.8) is 0 Å². The number of halogens is 1. The fourth-order valence-electron chi connectivity index (χ4n) is 2.43. The summed E-state index contributed by atoms with van der Waals surface area (Å²) in [5, 5.41) is 3.72. The molecule has 0 aliphatic carbocycles. The molecule has 3 aromatic rings. The van der Waals surface area contributed by atoms with Gasteiger partial charge >= 0.3 is 5.97 Å². The number of ether oxygens (including phenoxy) is 1. The van der Waals surface area contributed by atoms with E-state index in [0.29, 0.717) is 21.6 Å². The first-order chi connectivity index (χ1) is 12.4. The number of aromatic nitrogens is 1. The molecular formula is C19H15ClN2O4. The van der Waals surface area contributed by atoms with E-state index in [9.17, 15) is 14.4 Å². The van der Waals surface area contributed by atoms with Gasteiger partial charge in [0.05, 0.1) is 5.56 Å². The Morgan fingerprint density at radius 1 is 1.12 bits per heavy atom. The van der Waals surface area contributed by atoms with Crippen LogP contribution in [0.5, 0.6) is 0 Å². The molecule has 26 heavy (non-hydrogen) atoms. The Hall–Kier alpha value is -3.12. The number of hydrogen-bond donors (Lipinski definition) is 2. The van der Waals surface area contributed by atoms with Gasteiger partial charge in [0.25, 0.3) is 5.91 Å². The second-order valence-corrected chi connectivity index (χ2v) is 6.07. The van der Waals surface area contributed by atoms with Gasteiger partial charge in [-0.25, -0.2) is 4.79 Å². The molecule has 0 spiro atoms. The van der Waals surface area contributed by atoms with E-state index in [1.54, 1.807) is 48.5 Å². The molecule has 0 radical (unpaired) electrons. The third-order valence-electron chi connectivity index (χ3n) is 3.74. The van der Waals surface area contributed by atoms with Gasteiger partial charge in [0.1, 0.15) is 0 Å². The molecule has 0 fully saturated rings. The number of hydrogen-bond acceptors (Lipinski definition) is 4. The fourth-order valence-corrected chi connectivity index (χ4v) is 2.55. The van der Waals surface area contributed by atoms with Crippen LogP contribution in [0.25, 0.3) is 10.9 Å². The molecule has 2 aromatic carbocycles. The first-order valence-electron chi connectivity index (χ1n) is 7.83. The maximum absolute atomic E-state index is 12.5. The molecule has 3 rings (SSSR count). The van der Waals surface area contributed by atoms with Gasteiger partial charge < -0.3 is 15.0 Å². The number of H-pyrrole nitrogens is 1. The standard InChI is InChI=1S/C19H15ClN2O4/c1-11(18(24)21-13-8-6-12(20)7-9-13)26-19(25)15-10-17(23)22-16-5-3-2-4-14(15)16/h2-11H,1H3,(H,21,24)(H,22,23)/t11-/m0/s1. The lowest BCUT2D eigenvalue weighted by molar-refractivity contribution is -0.123. The Kier molecular flexibility index (Phi) is 5.04. The van der Waals surface area contributed by atoms with Crippen LogP contribution < -0.4 is 10.9 Å². The molecule has 0 saturated carbocycles. The smallest absolute Gasteiger partial charge is 0.339 e. The lowest BCUT2D eigenvalue weighted by atomic mass is 10.1. The van der Waals surface area contributed by atoms with Gasteiger partial charge in [-0.3, -0.25) is 9.59 Å². The van der Waals surface area contributed by atoms with Crippen molar-refractivity contribution in [2.45, 2.75) is 13.0 Å². The topological polar surface area (TPSA) is 88.3 Å². The van der Waals surface area contributed by atoms with Crippen LogP contribution in [0.2, 0.25) is 5.02 Å². The van der Waals surface area contributed by atoms with Gasteiger partial charge in [-0.2, -0.15) is 0 Å². The summed E-state index contributed by atoms with van der Waals surface area (Å²) in [5.41, 5.74) is 0.735. The number of rotatable bonds is 4. The highest BCUT2D eigenvalue weighted by molar-refractivity contribution is 6.30. The highest BCUT2D eigenvalue weighted by Gasteiger charge is 2.21. The Balaban J connectivity index is 1.76. The summed E-state index contributed by atoms with van der Waals surface area (Å²) < 4.78 is 5.23. The average Bonchev–Trinajstić information content (AvgIpc) is 2.62. The number of carbonyl (C=O) groups excluding carboxylic acids is 2. The number of esters is 1. The van der Waals surface area contributed by atoms with Crippen molar-refractivity contribution in [3.8, 4) is 0 Å². The molecular weight excluding hydrogens is 356 g/mol. The number of amides is 1. The molecule has 6 nitrogen and oxygen atoms in total. The Morgan fingerprint density at radius 3 is 2.54 bits per heavy atom. The number of para-hydroxylation sites is 1. The zero-order chi connectivity index (χ0) is 18.7. The Labute approximate surface area is 153 Å². The van der Waals surface area contributed by atoms with Crippen LogP contribution in [0, 0.1) is 0 Å². The van der Waals surface area contributed by atoms with Crippen LogP contribution in [-0.4, -0.2) is 23.0 Å². The normalized spacial score (nSPS) is 11.8. The highest BCUT2D eigenvalue weighted by atomic mass is 35.5. The number of carbonyl (C=O) groups is 2.